The molecule has 1 aromatic rings. The van der Waals surface area contributed by atoms with Crippen LogP contribution in [0.3, 0.4) is 0 Å². The van der Waals surface area contributed by atoms with Gasteiger partial charge >= 0.3 is 0 Å². The summed E-state index contributed by atoms with van der Waals surface area (Å²) in [7, 11) is 2.15. The Morgan fingerprint density at radius 1 is 1.36 bits per heavy atom. The zero-order valence-corrected chi connectivity index (χ0v) is 14.2. The van der Waals surface area contributed by atoms with Gasteiger partial charge in [0.2, 0.25) is 11.8 Å². The van der Waals surface area contributed by atoms with E-state index < -0.39 is 0 Å². The third-order valence-electron chi connectivity index (χ3n) is 4.54. The highest BCUT2D eigenvalue weighted by atomic mass is 16.5. The van der Waals surface area contributed by atoms with Crippen LogP contribution >= 0.6 is 0 Å². The zero-order valence-electron chi connectivity index (χ0n) is 14.2. The summed E-state index contributed by atoms with van der Waals surface area (Å²) < 4.78 is 5.19. The predicted octanol–water partition coefficient (Wildman–Crippen LogP) is 1.90. The molecular weight excluding hydrogens is 280 g/mol. The van der Waals surface area contributed by atoms with Crippen molar-refractivity contribution in [3.8, 4) is 0 Å². The van der Waals surface area contributed by atoms with E-state index in [9.17, 15) is 4.79 Å². The molecule has 6 heteroatoms. The van der Waals surface area contributed by atoms with Crippen molar-refractivity contribution in [2.45, 2.75) is 46.1 Å². The molecule has 22 heavy (non-hydrogen) atoms. The Balaban J connectivity index is 1.77. The first-order valence-corrected chi connectivity index (χ1v) is 8.18. The number of carbonyl (C=O) groups is 1. The van der Waals surface area contributed by atoms with Crippen LogP contribution in [0.2, 0.25) is 0 Å². The number of rotatable bonds is 6. The molecule has 0 aromatic carbocycles. The average Bonchev–Trinajstić information content (AvgIpc) is 2.85. The van der Waals surface area contributed by atoms with Crippen molar-refractivity contribution < 1.29 is 9.32 Å². The quantitative estimate of drug-likeness (QED) is 0.869. The molecule has 0 radical (unpaired) electrons. The Morgan fingerprint density at radius 2 is 2.05 bits per heavy atom. The fourth-order valence-corrected chi connectivity index (χ4v) is 2.88. The van der Waals surface area contributed by atoms with E-state index >= 15 is 0 Å². The SMILES string of the molecule is CCc1c(C)noc1NC(=O)CCC(C)N1CCN(C)CC1. The van der Waals surface area contributed by atoms with Gasteiger partial charge in [-0.2, -0.15) is 0 Å². The predicted molar refractivity (Wildman–Crippen MR) is 87.0 cm³/mol. The van der Waals surface area contributed by atoms with Crippen molar-refractivity contribution in [1.82, 2.24) is 15.0 Å². The third-order valence-corrected chi connectivity index (χ3v) is 4.54. The Labute approximate surface area is 132 Å². The van der Waals surface area contributed by atoms with Crippen LogP contribution in [0.5, 0.6) is 0 Å². The van der Waals surface area contributed by atoms with Crippen molar-refractivity contribution in [3.05, 3.63) is 11.3 Å². The minimum Gasteiger partial charge on any atom is -0.338 e. The molecule has 124 valence electrons. The van der Waals surface area contributed by atoms with Gasteiger partial charge in [-0.3, -0.25) is 15.0 Å². The van der Waals surface area contributed by atoms with E-state index in [1.54, 1.807) is 0 Å². The summed E-state index contributed by atoms with van der Waals surface area (Å²) in [6.45, 7) is 10.5. The molecule has 1 aliphatic heterocycles. The summed E-state index contributed by atoms with van der Waals surface area (Å²) in [6.07, 6.45) is 2.18. The largest absolute Gasteiger partial charge is 0.338 e. The van der Waals surface area contributed by atoms with Crippen molar-refractivity contribution in [3.63, 3.8) is 0 Å². The van der Waals surface area contributed by atoms with Crippen LogP contribution in [0.1, 0.15) is 37.9 Å². The number of amides is 1. The van der Waals surface area contributed by atoms with Gasteiger partial charge in [0.05, 0.1) is 5.69 Å². The second kappa shape index (κ2) is 7.74. The highest BCUT2D eigenvalue weighted by Gasteiger charge is 2.20. The van der Waals surface area contributed by atoms with Gasteiger partial charge in [-0.1, -0.05) is 12.1 Å². The van der Waals surface area contributed by atoms with Gasteiger partial charge in [0.1, 0.15) is 0 Å². The maximum atomic E-state index is 12.1. The summed E-state index contributed by atoms with van der Waals surface area (Å²) >= 11 is 0. The molecule has 1 aromatic heterocycles. The monoisotopic (exact) mass is 308 g/mol. The number of likely N-dealkylation sites (N-methyl/N-ethyl adjacent to an activating group) is 1. The maximum Gasteiger partial charge on any atom is 0.234 e. The first kappa shape index (κ1) is 17.0. The molecule has 1 amide bonds. The number of nitrogens with zero attached hydrogens (tertiary/aromatic N) is 3. The molecule has 1 fully saturated rings. The molecule has 1 N–H and O–H groups in total. The number of hydrogen-bond acceptors (Lipinski definition) is 5. The third kappa shape index (κ3) is 4.30. The number of anilines is 1. The van der Waals surface area contributed by atoms with Crippen LogP contribution < -0.4 is 5.32 Å². The molecule has 0 spiro atoms. The second-order valence-electron chi connectivity index (χ2n) is 6.20. The first-order valence-electron chi connectivity index (χ1n) is 8.18. The fraction of sp³-hybridized carbons (Fsp3) is 0.750. The van der Waals surface area contributed by atoms with Gasteiger partial charge in [-0.05, 0) is 33.7 Å². The lowest BCUT2D eigenvalue weighted by Crippen LogP contribution is -2.48. The summed E-state index contributed by atoms with van der Waals surface area (Å²) in [5.41, 5.74) is 1.84. The zero-order chi connectivity index (χ0) is 16.1. The molecular formula is C16H28N4O2. The molecule has 1 atom stereocenters. The number of nitrogens with one attached hydrogen (secondary N) is 1. The fourth-order valence-electron chi connectivity index (χ4n) is 2.88. The smallest absolute Gasteiger partial charge is 0.234 e. The van der Waals surface area contributed by atoms with Crippen LogP contribution in [-0.4, -0.2) is 60.1 Å². The lowest BCUT2D eigenvalue weighted by molar-refractivity contribution is -0.116. The topological polar surface area (TPSA) is 61.6 Å². The normalized spacial score (nSPS) is 18.4. The highest BCUT2D eigenvalue weighted by molar-refractivity contribution is 5.90. The molecule has 0 aliphatic carbocycles. The molecule has 2 heterocycles. The molecule has 2 rings (SSSR count). The van der Waals surface area contributed by atoms with Gasteiger partial charge < -0.3 is 9.42 Å². The van der Waals surface area contributed by atoms with E-state index in [1.165, 1.54) is 0 Å². The van der Waals surface area contributed by atoms with Crippen LogP contribution in [0.15, 0.2) is 4.52 Å². The van der Waals surface area contributed by atoms with Gasteiger partial charge in [0, 0.05) is 44.2 Å². The molecule has 1 saturated heterocycles. The number of aryl methyl sites for hydroxylation is 1. The molecule has 0 bridgehead atoms. The Kier molecular flexibility index (Phi) is 5.97. The average molecular weight is 308 g/mol. The van der Waals surface area contributed by atoms with E-state index in [2.05, 4.69) is 34.2 Å². The van der Waals surface area contributed by atoms with Gasteiger partial charge in [0.15, 0.2) is 0 Å². The molecule has 0 saturated carbocycles. The van der Waals surface area contributed by atoms with Gasteiger partial charge in [-0.15, -0.1) is 0 Å². The van der Waals surface area contributed by atoms with Crippen LogP contribution in [0.25, 0.3) is 0 Å². The van der Waals surface area contributed by atoms with Crippen molar-refractivity contribution >= 4 is 11.8 Å². The van der Waals surface area contributed by atoms with E-state index in [1.807, 2.05) is 13.8 Å². The van der Waals surface area contributed by atoms with Crippen molar-refractivity contribution in [1.29, 1.82) is 0 Å². The van der Waals surface area contributed by atoms with Crippen molar-refractivity contribution in [2.24, 2.45) is 0 Å². The van der Waals surface area contributed by atoms with E-state index in [0.29, 0.717) is 18.3 Å². The van der Waals surface area contributed by atoms with Gasteiger partial charge in [-0.25, -0.2) is 0 Å². The van der Waals surface area contributed by atoms with Gasteiger partial charge in [0.25, 0.3) is 0 Å². The maximum absolute atomic E-state index is 12.1. The minimum atomic E-state index is 0.00632. The molecule has 6 nitrogen and oxygen atoms in total. The second-order valence-corrected chi connectivity index (χ2v) is 6.20. The van der Waals surface area contributed by atoms with Crippen LogP contribution in [0, 0.1) is 6.92 Å². The van der Waals surface area contributed by atoms with Crippen molar-refractivity contribution in [2.75, 3.05) is 38.5 Å². The Morgan fingerprint density at radius 3 is 2.68 bits per heavy atom. The molecule has 1 unspecified atom stereocenters. The first-order chi connectivity index (χ1) is 10.5. The number of aromatic nitrogens is 1. The van der Waals surface area contributed by atoms with Crippen LogP contribution in [0.4, 0.5) is 5.88 Å². The van der Waals surface area contributed by atoms with E-state index in [4.69, 9.17) is 4.52 Å². The van der Waals surface area contributed by atoms with E-state index in [-0.39, 0.29) is 5.91 Å². The van der Waals surface area contributed by atoms with Crippen LogP contribution in [-0.2, 0) is 11.2 Å². The lowest BCUT2D eigenvalue weighted by atomic mass is 10.1. The minimum absolute atomic E-state index is 0.00632. The molecule has 1 aliphatic rings. The lowest BCUT2D eigenvalue weighted by Gasteiger charge is -2.36. The number of hydrogen-bond donors (Lipinski definition) is 1. The van der Waals surface area contributed by atoms with E-state index in [0.717, 1.165) is 50.3 Å². The summed E-state index contributed by atoms with van der Waals surface area (Å²) in [5, 5.41) is 6.77. The standard InChI is InChI=1S/C16H28N4O2/c1-5-14-13(3)18-22-16(14)17-15(21)7-6-12(2)20-10-8-19(4)9-11-20/h12H,5-11H2,1-4H3,(H,17,21). The summed E-state index contributed by atoms with van der Waals surface area (Å²) in [6, 6.07) is 0.432. The number of piperazine rings is 1. The number of carbonyl (C=O) groups excluding carboxylic acids is 1. The summed E-state index contributed by atoms with van der Waals surface area (Å²) in [4.78, 5) is 16.9. The highest BCUT2D eigenvalue weighted by Crippen LogP contribution is 2.20. The summed E-state index contributed by atoms with van der Waals surface area (Å²) in [5.74, 6) is 0.518. The Bertz CT molecular complexity index is 492. The Hall–Kier alpha value is -1.40.